The molecule has 5 nitrogen and oxygen atoms in total. The highest BCUT2D eigenvalue weighted by Gasteiger charge is 2.21. The topological polar surface area (TPSA) is 52.7 Å². The molecule has 2 aromatic heterocycles. The van der Waals surface area contributed by atoms with Crippen LogP contribution in [0.1, 0.15) is 28.7 Å². The Morgan fingerprint density at radius 3 is 2.71 bits per heavy atom. The van der Waals surface area contributed by atoms with Crippen molar-refractivity contribution in [3.05, 3.63) is 33.8 Å². The fourth-order valence-electron chi connectivity index (χ4n) is 1.78. The van der Waals surface area contributed by atoms with Gasteiger partial charge in [-0.05, 0) is 22.4 Å². The van der Waals surface area contributed by atoms with Crippen molar-refractivity contribution in [3.63, 3.8) is 0 Å². The predicted octanol–water partition coefficient (Wildman–Crippen LogP) is 1.71. The first-order valence-corrected chi connectivity index (χ1v) is 6.08. The molecule has 0 aliphatic rings. The summed E-state index contributed by atoms with van der Waals surface area (Å²) in [5.41, 5.74) is 2.00. The largest absolute Gasteiger partial charge is 0.287 e. The summed E-state index contributed by atoms with van der Waals surface area (Å²) in [6.07, 6.45) is 4.10. The number of carbonyl (C=O) groups is 1. The molecule has 2 aromatic rings. The molecular formula is C11H13BrN4O. The Bertz CT molecular complexity index is 551. The fraction of sp³-hybridized carbons (Fsp3) is 0.364. The van der Waals surface area contributed by atoms with Crippen LogP contribution in [0, 0.1) is 0 Å². The number of carbonyl (C=O) groups excluding carboxylic acids is 1. The van der Waals surface area contributed by atoms with Crippen LogP contribution in [0.3, 0.4) is 0 Å². The maximum absolute atomic E-state index is 12.4. The molecule has 0 N–H and O–H groups in total. The molecule has 6 heteroatoms. The number of rotatable bonds is 3. The van der Waals surface area contributed by atoms with Crippen LogP contribution in [0.5, 0.6) is 0 Å². The van der Waals surface area contributed by atoms with E-state index in [1.54, 1.807) is 28.8 Å². The van der Waals surface area contributed by atoms with Gasteiger partial charge >= 0.3 is 0 Å². The summed E-state index contributed by atoms with van der Waals surface area (Å²) in [5, 5.41) is 8.32. The number of ketones is 1. The quantitative estimate of drug-likeness (QED) is 0.810. The van der Waals surface area contributed by atoms with Gasteiger partial charge in [-0.25, -0.2) is 0 Å². The zero-order valence-corrected chi connectivity index (χ0v) is 11.5. The Hall–Kier alpha value is -1.43. The molecule has 0 saturated heterocycles. The van der Waals surface area contributed by atoms with Crippen molar-refractivity contribution in [3.8, 4) is 0 Å². The molecule has 0 unspecified atom stereocenters. The number of hydrogen-bond acceptors (Lipinski definition) is 3. The molecular weight excluding hydrogens is 284 g/mol. The van der Waals surface area contributed by atoms with Gasteiger partial charge in [0.25, 0.3) is 0 Å². The SMILES string of the molecule is CCc1nn(C)cc1C(=O)c1c(Br)cnn1C. The summed E-state index contributed by atoms with van der Waals surface area (Å²) in [6.45, 7) is 1.98. The summed E-state index contributed by atoms with van der Waals surface area (Å²) in [4.78, 5) is 12.4. The fourth-order valence-corrected chi connectivity index (χ4v) is 2.31. The van der Waals surface area contributed by atoms with E-state index in [9.17, 15) is 4.79 Å². The highest BCUT2D eigenvalue weighted by Crippen LogP contribution is 2.20. The second kappa shape index (κ2) is 4.44. The molecule has 2 heterocycles. The van der Waals surface area contributed by atoms with Crippen LogP contribution in [0.15, 0.2) is 16.9 Å². The summed E-state index contributed by atoms with van der Waals surface area (Å²) >= 11 is 3.34. The Kier molecular flexibility index (Phi) is 3.15. The van der Waals surface area contributed by atoms with Crippen LogP contribution in [-0.2, 0) is 20.5 Å². The van der Waals surface area contributed by atoms with Crippen molar-refractivity contribution in [1.82, 2.24) is 19.6 Å². The Labute approximate surface area is 108 Å². The lowest BCUT2D eigenvalue weighted by molar-refractivity contribution is 0.102. The first kappa shape index (κ1) is 12.0. The Morgan fingerprint density at radius 1 is 1.47 bits per heavy atom. The van der Waals surface area contributed by atoms with E-state index in [1.807, 2.05) is 14.0 Å². The molecule has 0 atom stereocenters. The van der Waals surface area contributed by atoms with Gasteiger partial charge in [-0.2, -0.15) is 10.2 Å². The number of aryl methyl sites for hydroxylation is 3. The third-order valence-electron chi connectivity index (χ3n) is 2.59. The molecule has 0 radical (unpaired) electrons. The maximum Gasteiger partial charge on any atom is 0.215 e. The van der Waals surface area contributed by atoms with Crippen LogP contribution in [-0.4, -0.2) is 25.3 Å². The number of nitrogens with zero attached hydrogens (tertiary/aromatic N) is 4. The first-order chi connectivity index (χ1) is 8.04. The summed E-state index contributed by atoms with van der Waals surface area (Å²) in [7, 11) is 3.56. The maximum atomic E-state index is 12.4. The second-order valence-corrected chi connectivity index (χ2v) is 4.66. The lowest BCUT2D eigenvalue weighted by Crippen LogP contribution is -2.10. The van der Waals surface area contributed by atoms with Gasteiger partial charge in [0.2, 0.25) is 5.78 Å². The zero-order chi connectivity index (χ0) is 12.6. The summed E-state index contributed by atoms with van der Waals surface area (Å²) in [6, 6.07) is 0. The van der Waals surface area contributed by atoms with Gasteiger partial charge in [0.1, 0.15) is 5.69 Å². The van der Waals surface area contributed by atoms with Crippen LogP contribution in [0.4, 0.5) is 0 Å². The van der Waals surface area contributed by atoms with Crippen molar-refractivity contribution in [1.29, 1.82) is 0 Å². The predicted molar refractivity (Wildman–Crippen MR) is 66.9 cm³/mol. The minimum absolute atomic E-state index is 0.0539. The Morgan fingerprint density at radius 2 is 2.18 bits per heavy atom. The highest BCUT2D eigenvalue weighted by molar-refractivity contribution is 9.10. The molecule has 0 aliphatic heterocycles. The highest BCUT2D eigenvalue weighted by atomic mass is 79.9. The lowest BCUT2D eigenvalue weighted by Gasteiger charge is -2.01. The van der Waals surface area contributed by atoms with Gasteiger partial charge in [0, 0.05) is 20.3 Å². The molecule has 0 bridgehead atoms. The van der Waals surface area contributed by atoms with Crippen LogP contribution in [0.25, 0.3) is 0 Å². The van der Waals surface area contributed by atoms with Gasteiger partial charge in [-0.15, -0.1) is 0 Å². The van der Waals surface area contributed by atoms with E-state index in [0.717, 1.165) is 12.1 Å². The van der Waals surface area contributed by atoms with Crippen LogP contribution < -0.4 is 0 Å². The van der Waals surface area contributed by atoms with Gasteiger partial charge in [0.15, 0.2) is 0 Å². The van der Waals surface area contributed by atoms with Crippen molar-refractivity contribution in [2.24, 2.45) is 14.1 Å². The average Bonchev–Trinajstić information content (AvgIpc) is 2.82. The van der Waals surface area contributed by atoms with E-state index in [1.165, 1.54) is 0 Å². The molecule has 0 aliphatic carbocycles. The summed E-state index contributed by atoms with van der Waals surface area (Å²) in [5.74, 6) is -0.0539. The van der Waals surface area contributed by atoms with Crippen LogP contribution >= 0.6 is 15.9 Å². The molecule has 0 aromatic carbocycles. The lowest BCUT2D eigenvalue weighted by atomic mass is 10.1. The van der Waals surface area contributed by atoms with Crippen molar-refractivity contribution < 1.29 is 4.79 Å². The van der Waals surface area contributed by atoms with Crippen molar-refractivity contribution in [2.45, 2.75) is 13.3 Å². The van der Waals surface area contributed by atoms with Crippen molar-refractivity contribution in [2.75, 3.05) is 0 Å². The minimum atomic E-state index is -0.0539. The molecule has 2 rings (SSSR count). The molecule has 0 spiro atoms. The monoisotopic (exact) mass is 296 g/mol. The van der Waals surface area contributed by atoms with Gasteiger partial charge < -0.3 is 0 Å². The van der Waals surface area contributed by atoms with Gasteiger partial charge in [-0.1, -0.05) is 6.92 Å². The first-order valence-electron chi connectivity index (χ1n) is 5.29. The molecule has 0 saturated carbocycles. The summed E-state index contributed by atoms with van der Waals surface area (Å²) < 4.78 is 3.94. The zero-order valence-electron chi connectivity index (χ0n) is 9.94. The van der Waals surface area contributed by atoms with E-state index in [4.69, 9.17) is 0 Å². The van der Waals surface area contributed by atoms with Gasteiger partial charge in [0.05, 0.1) is 21.9 Å². The van der Waals surface area contributed by atoms with E-state index < -0.39 is 0 Å². The van der Waals surface area contributed by atoms with Crippen LogP contribution in [0.2, 0.25) is 0 Å². The van der Waals surface area contributed by atoms with E-state index >= 15 is 0 Å². The average molecular weight is 297 g/mol. The van der Waals surface area contributed by atoms with E-state index in [-0.39, 0.29) is 5.78 Å². The van der Waals surface area contributed by atoms with Gasteiger partial charge in [-0.3, -0.25) is 14.2 Å². The second-order valence-electron chi connectivity index (χ2n) is 3.81. The van der Waals surface area contributed by atoms with E-state index in [2.05, 4.69) is 26.1 Å². The smallest absolute Gasteiger partial charge is 0.215 e. The Balaban J connectivity index is 2.51. The number of hydrogen-bond donors (Lipinski definition) is 0. The van der Waals surface area contributed by atoms with Crippen molar-refractivity contribution >= 4 is 21.7 Å². The normalized spacial score (nSPS) is 10.8. The molecule has 90 valence electrons. The third-order valence-corrected chi connectivity index (χ3v) is 3.17. The van der Waals surface area contributed by atoms with E-state index in [0.29, 0.717) is 15.7 Å². The minimum Gasteiger partial charge on any atom is -0.287 e. The molecule has 17 heavy (non-hydrogen) atoms. The standard InChI is InChI=1S/C11H13BrN4O/c1-4-9-7(6-15(2)14-9)11(17)10-8(12)5-13-16(10)3/h5-6H,4H2,1-3H3. The molecule has 0 fully saturated rings. The third kappa shape index (κ3) is 2.04. The molecule has 0 amide bonds. The number of halogens is 1. The number of aromatic nitrogens is 4.